The molecule has 1 amide bonds. The maximum absolute atomic E-state index is 12.2. The van der Waals surface area contributed by atoms with Gasteiger partial charge in [0.1, 0.15) is 18.0 Å². The Morgan fingerprint density at radius 3 is 2.56 bits per heavy atom. The van der Waals surface area contributed by atoms with Crippen LogP contribution in [0.2, 0.25) is 5.02 Å². The molecule has 0 bridgehead atoms. The third kappa shape index (κ3) is 6.43. The van der Waals surface area contributed by atoms with E-state index in [9.17, 15) is 14.9 Å². The quantitative estimate of drug-likeness (QED) is 0.365. The molecule has 9 heteroatoms. The van der Waals surface area contributed by atoms with Crippen molar-refractivity contribution in [3.63, 3.8) is 0 Å². The Balaban J connectivity index is 1.90. The number of nitro benzene ring substituents is 1. The van der Waals surface area contributed by atoms with Crippen LogP contribution in [0.5, 0.6) is 5.75 Å². The molecule has 0 radical (unpaired) electrons. The van der Waals surface area contributed by atoms with Crippen molar-refractivity contribution in [2.45, 2.75) is 0 Å². The fourth-order valence-electron chi connectivity index (χ4n) is 2.23. The third-order valence-corrected chi connectivity index (χ3v) is 3.80. The van der Waals surface area contributed by atoms with E-state index in [2.05, 4.69) is 10.6 Å². The van der Waals surface area contributed by atoms with Crippen LogP contribution in [0, 0.1) is 10.1 Å². The molecular weight excluding hydrogens is 374 g/mol. The Labute approximate surface area is 161 Å². The van der Waals surface area contributed by atoms with Crippen molar-refractivity contribution in [2.75, 3.05) is 38.7 Å². The summed E-state index contributed by atoms with van der Waals surface area (Å²) in [6, 6.07) is 11.1. The van der Waals surface area contributed by atoms with Gasteiger partial charge in [0.15, 0.2) is 0 Å². The largest absolute Gasteiger partial charge is 0.492 e. The van der Waals surface area contributed by atoms with Crippen LogP contribution in [-0.2, 0) is 4.74 Å². The molecule has 2 N–H and O–H groups in total. The zero-order valence-electron chi connectivity index (χ0n) is 14.7. The van der Waals surface area contributed by atoms with Gasteiger partial charge in [-0.1, -0.05) is 11.6 Å². The summed E-state index contributed by atoms with van der Waals surface area (Å²) in [5, 5.41) is 17.4. The van der Waals surface area contributed by atoms with E-state index < -0.39 is 10.8 Å². The second-order valence-corrected chi connectivity index (χ2v) is 5.90. The molecular formula is C18H20ClN3O5. The standard InChI is InChI=1S/C18H20ClN3O5/c1-26-10-8-20-16-7-2-13(12-17(16)22(24)25)18(23)21-9-11-27-15-5-3-14(19)4-6-15/h2-7,12,20H,8-11H2,1H3,(H,21,23). The van der Waals surface area contributed by atoms with Crippen molar-refractivity contribution in [3.8, 4) is 5.75 Å². The van der Waals surface area contributed by atoms with Gasteiger partial charge in [-0.15, -0.1) is 0 Å². The van der Waals surface area contributed by atoms with E-state index in [1.807, 2.05) is 0 Å². The summed E-state index contributed by atoms with van der Waals surface area (Å²) in [6.07, 6.45) is 0. The average Bonchev–Trinajstić information content (AvgIpc) is 2.66. The molecule has 8 nitrogen and oxygen atoms in total. The average molecular weight is 394 g/mol. The number of carbonyl (C=O) groups excluding carboxylic acids is 1. The van der Waals surface area contributed by atoms with Gasteiger partial charge in [0, 0.05) is 30.3 Å². The lowest BCUT2D eigenvalue weighted by Crippen LogP contribution is -2.28. The highest BCUT2D eigenvalue weighted by Gasteiger charge is 2.17. The molecule has 0 aromatic heterocycles. The predicted molar refractivity (Wildman–Crippen MR) is 103 cm³/mol. The number of ether oxygens (including phenoxy) is 2. The van der Waals surface area contributed by atoms with Crippen LogP contribution < -0.4 is 15.4 Å². The molecule has 2 aromatic carbocycles. The number of benzene rings is 2. The van der Waals surface area contributed by atoms with Gasteiger partial charge >= 0.3 is 0 Å². The summed E-state index contributed by atoms with van der Waals surface area (Å²) >= 11 is 5.79. The van der Waals surface area contributed by atoms with E-state index in [1.54, 1.807) is 31.4 Å². The first-order valence-electron chi connectivity index (χ1n) is 8.19. The minimum absolute atomic E-state index is 0.170. The third-order valence-electron chi connectivity index (χ3n) is 3.55. The molecule has 0 fully saturated rings. The number of hydrogen-bond donors (Lipinski definition) is 2. The topological polar surface area (TPSA) is 103 Å². The summed E-state index contributed by atoms with van der Waals surface area (Å²) in [6.45, 7) is 1.34. The summed E-state index contributed by atoms with van der Waals surface area (Å²) < 4.78 is 10.4. The maximum atomic E-state index is 12.2. The second kappa shape index (κ2) is 10.3. The predicted octanol–water partition coefficient (Wildman–Crippen LogP) is 3.12. The Morgan fingerprint density at radius 1 is 1.15 bits per heavy atom. The van der Waals surface area contributed by atoms with E-state index in [0.717, 1.165) is 0 Å². The van der Waals surface area contributed by atoms with Gasteiger partial charge in [-0.25, -0.2) is 0 Å². The lowest BCUT2D eigenvalue weighted by Gasteiger charge is -2.10. The van der Waals surface area contributed by atoms with Crippen molar-refractivity contribution in [1.82, 2.24) is 5.32 Å². The van der Waals surface area contributed by atoms with Gasteiger partial charge in [-0.3, -0.25) is 14.9 Å². The molecule has 0 saturated heterocycles. The molecule has 0 aliphatic heterocycles. The molecule has 0 aliphatic rings. The number of nitrogens with one attached hydrogen (secondary N) is 2. The fraction of sp³-hybridized carbons (Fsp3) is 0.278. The van der Waals surface area contributed by atoms with E-state index in [0.29, 0.717) is 29.6 Å². The summed E-state index contributed by atoms with van der Waals surface area (Å²) in [4.78, 5) is 22.9. The zero-order chi connectivity index (χ0) is 19.6. The van der Waals surface area contributed by atoms with Crippen LogP contribution in [0.1, 0.15) is 10.4 Å². The Hall–Kier alpha value is -2.84. The maximum Gasteiger partial charge on any atom is 0.293 e. The van der Waals surface area contributed by atoms with Gasteiger partial charge in [0.05, 0.1) is 18.1 Å². The summed E-state index contributed by atoms with van der Waals surface area (Å²) in [5.74, 6) is 0.219. The Kier molecular flexibility index (Phi) is 7.84. The van der Waals surface area contributed by atoms with Gasteiger partial charge in [-0.2, -0.15) is 0 Å². The SMILES string of the molecule is COCCNc1ccc(C(=O)NCCOc2ccc(Cl)cc2)cc1[N+](=O)[O-]. The highest BCUT2D eigenvalue weighted by atomic mass is 35.5. The van der Waals surface area contributed by atoms with Crippen LogP contribution in [0.3, 0.4) is 0 Å². The minimum Gasteiger partial charge on any atom is -0.492 e. The van der Waals surface area contributed by atoms with Crippen molar-refractivity contribution in [1.29, 1.82) is 0 Å². The fourth-order valence-corrected chi connectivity index (χ4v) is 2.35. The van der Waals surface area contributed by atoms with Crippen molar-refractivity contribution in [2.24, 2.45) is 0 Å². The molecule has 2 rings (SSSR count). The van der Waals surface area contributed by atoms with Crippen LogP contribution in [-0.4, -0.2) is 44.2 Å². The number of nitrogens with zero attached hydrogens (tertiary/aromatic N) is 1. The molecule has 144 valence electrons. The monoisotopic (exact) mass is 393 g/mol. The van der Waals surface area contributed by atoms with Gasteiger partial charge < -0.3 is 20.1 Å². The molecule has 0 aliphatic carbocycles. The molecule has 0 atom stereocenters. The van der Waals surface area contributed by atoms with Crippen LogP contribution in [0.15, 0.2) is 42.5 Å². The van der Waals surface area contributed by atoms with Gasteiger partial charge in [0.25, 0.3) is 11.6 Å². The van der Waals surface area contributed by atoms with Crippen molar-refractivity contribution < 1.29 is 19.2 Å². The number of methoxy groups -OCH3 is 1. The summed E-state index contributed by atoms with van der Waals surface area (Å²) in [5.41, 5.74) is 0.362. The zero-order valence-corrected chi connectivity index (χ0v) is 15.5. The number of rotatable bonds is 10. The second-order valence-electron chi connectivity index (χ2n) is 5.47. The van der Waals surface area contributed by atoms with Crippen molar-refractivity contribution in [3.05, 3.63) is 63.2 Å². The summed E-state index contributed by atoms with van der Waals surface area (Å²) in [7, 11) is 1.54. The molecule has 2 aromatic rings. The van der Waals surface area contributed by atoms with E-state index in [1.165, 1.54) is 18.2 Å². The first kappa shape index (κ1) is 20.5. The molecule has 0 heterocycles. The van der Waals surface area contributed by atoms with E-state index >= 15 is 0 Å². The van der Waals surface area contributed by atoms with Crippen molar-refractivity contribution >= 4 is 28.9 Å². The first-order valence-corrected chi connectivity index (χ1v) is 8.57. The normalized spacial score (nSPS) is 10.3. The number of amides is 1. The molecule has 27 heavy (non-hydrogen) atoms. The first-order chi connectivity index (χ1) is 13.0. The molecule has 0 spiro atoms. The molecule has 0 unspecified atom stereocenters. The van der Waals surface area contributed by atoms with Gasteiger partial charge in [0.2, 0.25) is 0 Å². The number of halogens is 1. The van der Waals surface area contributed by atoms with Gasteiger partial charge in [-0.05, 0) is 36.4 Å². The lowest BCUT2D eigenvalue weighted by molar-refractivity contribution is -0.384. The number of anilines is 1. The number of nitro groups is 1. The highest BCUT2D eigenvalue weighted by molar-refractivity contribution is 6.30. The number of carbonyl (C=O) groups is 1. The highest BCUT2D eigenvalue weighted by Crippen LogP contribution is 2.25. The van der Waals surface area contributed by atoms with E-state index in [4.69, 9.17) is 21.1 Å². The smallest absolute Gasteiger partial charge is 0.293 e. The Morgan fingerprint density at radius 2 is 1.89 bits per heavy atom. The lowest BCUT2D eigenvalue weighted by atomic mass is 10.1. The van der Waals surface area contributed by atoms with Crippen LogP contribution in [0.4, 0.5) is 11.4 Å². The molecule has 0 saturated carbocycles. The minimum atomic E-state index is -0.532. The van der Waals surface area contributed by atoms with Crippen LogP contribution >= 0.6 is 11.6 Å². The van der Waals surface area contributed by atoms with Crippen LogP contribution in [0.25, 0.3) is 0 Å². The van der Waals surface area contributed by atoms with E-state index in [-0.39, 0.29) is 24.4 Å². The number of hydrogen-bond acceptors (Lipinski definition) is 6. The Bertz CT molecular complexity index is 783.